The van der Waals surface area contributed by atoms with Crippen LogP contribution in [0.25, 0.3) is 0 Å². The highest BCUT2D eigenvalue weighted by molar-refractivity contribution is 14.1. The van der Waals surface area contributed by atoms with Crippen LogP contribution in [0.2, 0.25) is 0 Å². The maximum Gasteiger partial charge on any atom is 0.324 e. The van der Waals surface area contributed by atoms with Gasteiger partial charge in [0.15, 0.2) is 0 Å². The maximum absolute atomic E-state index is 13.4. The van der Waals surface area contributed by atoms with Gasteiger partial charge in [-0.2, -0.15) is 4.31 Å². The Morgan fingerprint density at radius 3 is 2.31 bits per heavy atom. The summed E-state index contributed by atoms with van der Waals surface area (Å²) in [5.41, 5.74) is 1.84. The van der Waals surface area contributed by atoms with Gasteiger partial charge in [-0.1, -0.05) is 70.6 Å². The average molecular weight is 485 g/mol. The third-order valence-corrected chi connectivity index (χ3v) is 7.68. The number of rotatable bonds is 4. The molecule has 0 aromatic heterocycles. The molecule has 0 bridgehead atoms. The van der Waals surface area contributed by atoms with Gasteiger partial charge < -0.3 is 4.74 Å². The summed E-state index contributed by atoms with van der Waals surface area (Å²) in [6.07, 6.45) is 0.415. The molecule has 1 heterocycles. The molecule has 0 spiro atoms. The molecule has 0 amide bonds. The van der Waals surface area contributed by atoms with Gasteiger partial charge in [0.05, 0.1) is 18.0 Å². The van der Waals surface area contributed by atoms with Crippen LogP contribution in [0.15, 0.2) is 59.5 Å². The van der Waals surface area contributed by atoms with Crippen molar-refractivity contribution in [2.24, 2.45) is 0 Å². The first kappa shape index (κ1) is 19.3. The molecule has 138 valence electrons. The molecule has 3 atom stereocenters. The number of carbonyl (C=O) groups is 1. The first-order valence-electron chi connectivity index (χ1n) is 8.23. The fourth-order valence-electron chi connectivity index (χ4n) is 3.29. The summed E-state index contributed by atoms with van der Waals surface area (Å²) in [6, 6.07) is 14.9. The van der Waals surface area contributed by atoms with Crippen molar-refractivity contribution in [2.75, 3.05) is 7.11 Å². The van der Waals surface area contributed by atoms with Crippen LogP contribution >= 0.6 is 22.6 Å². The monoisotopic (exact) mass is 485 g/mol. The lowest BCUT2D eigenvalue weighted by Crippen LogP contribution is -2.42. The molecule has 2 aromatic carbocycles. The smallest absolute Gasteiger partial charge is 0.324 e. The Hall–Kier alpha value is -1.45. The van der Waals surface area contributed by atoms with Crippen molar-refractivity contribution in [3.05, 3.63) is 65.7 Å². The number of carbonyl (C=O) groups excluding carboxylic acids is 1. The van der Waals surface area contributed by atoms with Crippen molar-refractivity contribution in [2.45, 2.75) is 34.2 Å². The van der Waals surface area contributed by atoms with Crippen LogP contribution in [0.1, 0.15) is 23.6 Å². The average Bonchev–Trinajstić information content (AvgIpc) is 3.00. The molecule has 1 fully saturated rings. The lowest BCUT2D eigenvalue weighted by molar-refractivity contribution is -0.144. The van der Waals surface area contributed by atoms with E-state index in [-0.39, 0.29) is 8.82 Å². The van der Waals surface area contributed by atoms with E-state index in [1.54, 1.807) is 24.3 Å². The van der Waals surface area contributed by atoms with E-state index >= 15 is 0 Å². The van der Waals surface area contributed by atoms with Crippen molar-refractivity contribution in [3.8, 4) is 0 Å². The molecule has 0 N–H and O–H groups in total. The van der Waals surface area contributed by atoms with E-state index in [1.807, 2.05) is 37.3 Å². The van der Waals surface area contributed by atoms with E-state index in [9.17, 15) is 13.2 Å². The molecule has 0 radical (unpaired) electrons. The highest BCUT2D eigenvalue weighted by Crippen LogP contribution is 2.44. The Morgan fingerprint density at radius 1 is 1.12 bits per heavy atom. The summed E-state index contributed by atoms with van der Waals surface area (Å²) < 4.78 is 33.0. The molecular formula is C19H20INO4S. The number of hydrogen-bond donors (Lipinski definition) is 0. The Labute approximate surface area is 167 Å². The fourth-order valence-corrected chi connectivity index (χ4v) is 6.55. The second-order valence-electron chi connectivity index (χ2n) is 6.29. The predicted octanol–water partition coefficient (Wildman–Crippen LogP) is 3.48. The van der Waals surface area contributed by atoms with Crippen molar-refractivity contribution < 1.29 is 17.9 Å². The summed E-state index contributed by atoms with van der Waals surface area (Å²) in [4.78, 5) is 12.5. The molecule has 1 aliphatic heterocycles. The van der Waals surface area contributed by atoms with Gasteiger partial charge in [-0.25, -0.2) is 8.42 Å². The van der Waals surface area contributed by atoms with Crippen molar-refractivity contribution in [1.82, 2.24) is 4.31 Å². The number of methoxy groups -OCH3 is 1. The molecule has 0 unspecified atom stereocenters. The molecule has 7 heteroatoms. The molecule has 5 nitrogen and oxygen atoms in total. The topological polar surface area (TPSA) is 63.7 Å². The summed E-state index contributed by atoms with van der Waals surface area (Å²) in [7, 11) is -2.57. The summed E-state index contributed by atoms with van der Waals surface area (Å²) in [5, 5.41) is 0. The van der Waals surface area contributed by atoms with Crippen molar-refractivity contribution in [3.63, 3.8) is 0 Å². The van der Waals surface area contributed by atoms with E-state index in [1.165, 1.54) is 11.4 Å². The highest BCUT2D eigenvalue weighted by Gasteiger charge is 2.51. The Morgan fingerprint density at radius 2 is 1.73 bits per heavy atom. The van der Waals surface area contributed by atoms with Crippen LogP contribution < -0.4 is 0 Å². The summed E-state index contributed by atoms with van der Waals surface area (Å²) in [6.45, 7) is 1.90. The second-order valence-corrected chi connectivity index (χ2v) is 9.74. The molecule has 26 heavy (non-hydrogen) atoms. The first-order chi connectivity index (χ1) is 12.4. The van der Waals surface area contributed by atoms with Crippen LogP contribution in [0.5, 0.6) is 0 Å². The zero-order valence-electron chi connectivity index (χ0n) is 14.5. The number of aryl methyl sites for hydroxylation is 1. The number of benzene rings is 2. The van der Waals surface area contributed by atoms with Crippen LogP contribution in [-0.4, -0.2) is 35.8 Å². The van der Waals surface area contributed by atoms with Gasteiger partial charge in [-0.3, -0.25) is 4.79 Å². The third-order valence-electron chi connectivity index (χ3n) is 4.58. The van der Waals surface area contributed by atoms with Gasteiger partial charge in [0.2, 0.25) is 10.0 Å². The van der Waals surface area contributed by atoms with Gasteiger partial charge in [0.25, 0.3) is 0 Å². The third kappa shape index (κ3) is 3.52. The molecule has 0 aliphatic carbocycles. The molecule has 0 saturated carbocycles. The Bertz CT molecular complexity index is 884. The Balaban J connectivity index is 2.13. The quantitative estimate of drug-likeness (QED) is 0.378. The van der Waals surface area contributed by atoms with Gasteiger partial charge in [0.1, 0.15) is 6.04 Å². The van der Waals surface area contributed by atoms with Crippen LogP contribution in [0.3, 0.4) is 0 Å². The second kappa shape index (κ2) is 7.66. The van der Waals surface area contributed by atoms with E-state index in [0.717, 1.165) is 11.1 Å². The predicted molar refractivity (Wildman–Crippen MR) is 108 cm³/mol. The molecule has 1 aliphatic rings. The van der Waals surface area contributed by atoms with Gasteiger partial charge in [0, 0.05) is 3.92 Å². The molecular weight excluding hydrogens is 465 g/mol. The normalized spacial score (nSPS) is 23.7. The minimum atomic E-state index is -3.86. The van der Waals surface area contributed by atoms with E-state index in [0.29, 0.717) is 6.42 Å². The van der Waals surface area contributed by atoms with Gasteiger partial charge in [-0.05, 0) is 31.0 Å². The van der Waals surface area contributed by atoms with Crippen LogP contribution in [-0.2, 0) is 19.6 Å². The molecule has 3 rings (SSSR count). The van der Waals surface area contributed by atoms with Gasteiger partial charge >= 0.3 is 5.97 Å². The number of sulfonamides is 1. The number of ether oxygens (including phenoxy) is 1. The number of hydrogen-bond acceptors (Lipinski definition) is 4. The Kier molecular flexibility index (Phi) is 5.69. The minimum absolute atomic E-state index is 0.0423. The summed E-state index contributed by atoms with van der Waals surface area (Å²) >= 11 is 2.23. The SMILES string of the molecule is COC(=O)[C@@H]1C[C@@H](I)[C@H](c2ccccc2)N1S(=O)(=O)c1ccc(C)cc1. The highest BCUT2D eigenvalue weighted by atomic mass is 127. The molecule has 1 saturated heterocycles. The van der Waals surface area contributed by atoms with Crippen molar-refractivity contribution >= 4 is 38.6 Å². The fraction of sp³-hybridized carbons (Fsp3) is 0.316. The zero-order valence-corrected chi connectivity index (χ0v) is 17.5. The number of halogens is 1. The van der Waals surface area contributed by atoms with Crippen molar-refractivity contribution in [1.29, 1.82) is 0 Å². The van der Waals surface area contributed by atoms with Crippen LogP contribution in [0, 0.1) is 6.92 Å². The minimum Gasteiger partial charge on any atom is -0.468 e. The lowest BCUT2D eigenvalue weighted by atomic mass is 10.1. The van der Waals surface area contributed by atoms with E-state index < -0.39 is 28.1 Å². The maximum atomic E-state index is 13.4. The van der Waals surface area contributed by atoms with Crippen LogP contribution in [0.4, 0.5) is 0 Å². The number of esters is 1. The molecule has 2 aromatic rings. The van der Waals surface area contributed by atoms with E-state index in [2.05, 4.69) is 22.6 Å². The number of alkyl halides is 1. The van der Waals surface area contributed by atoms with Gasteiger partial charge in [-0.15, -0.1) is 0 Å². The number of nitrogens with zero attached hydrogens (tertiary/aromatic N) is 1. The lowest BCUT2D eigenvalue weighted by Gasteiger charge is -2.29. The largest absolute Gasteiger partial charge is 0.468 e. The summed E-state index contributed by atoms with van der Waals surface area (Å²) in [5.74, 6) is -0.527. The van der Waals surface area contributed by atoms with E-state index in [4.69, 9.17) is 4.74 Å². The standard InChI is InChI=1S/C19H20INO4S/c1-13-8-10-15(11-9-13)26(23,24)21-17(19(22)25-2)12-16(20)18(21)14-6-4-3-5-7-14/h3-11,16-18H,12H2,1-2H3/t16-,17+,18+/m1/s1. The zero-order chi connectivity index (χ0) is 18.9. The first-order valence-corrected chi connectivity index (χ1v) is 10.9.